The molecule has 0 bridgehead atoms. The highest BCUT2D eigenvalue weighted by molar-refractivity contribution is 6.34. The second-order valence-corrected chi connectivity index (χ2v) is 6.07. The zero-order valence-corrected chi connectivity index (χ0v) is 19.7. The zero-order valence-electron chi connectivity index (χ0n) is 19.7. The second-order valence-electron chi connectivity index (χ2n) is 6.07. The molecule has 0 unspecified atom stereocenters. The van der Waals surface area contributed by atoms with E-state index in [1.54, 1.807) is 0 Å². The van der Waals surface area contributed by atoms with E-state index in [0.717, 1.165) is 51.4 Å². The molecular formula is C16H40B4F4O8. The molecule has 0 atom stereocenters. The summed E-state index contributed by atoms with van der Waals surface area (Å²) in [4.78, 5) is 0. The lowest BCUT2D eigenvalue weighted by Crippen LogP contribution is -2.11. The lowest BCUT2D eigenvalue weighted by Gasteiger charge is -1.96. The molecule has 0 aliphatic rings. The summed E-state index contributed by atoms with van der Waals surface area (Å²) in [6, 6.07) is 0. The highest BCUT2D eigenvalue weighted by atomic mass is 19.1. The van der Waals surface area contributed by atoms with Crippen LogP contribution in [0.25, 0.3) is 0 Å². The predicted molar refractivity (Wildman–Crippen MR) is 120 cm³/mol. The summed E-state index contributed by atoms with van der Waals surface area (Å²) in [5, 5.41) is 31.6. The Morgan fingerprint density at radius 1 is 0.438 bits per heavy atom. The minimum Gasteiger partial charge on any atom is -0.398 e. The van der Waals surface area contributed by atoms with Gasteiger partial charge in [-0.1, -0.05) is 53.4 Å². The van der Waals surface area contributed by atoms with Crippen molar-refractivity contribution >= 4 is 29.6 Å². The molecule has 4 N–H and O–H groups in total. The largest absolute Gasteiger partial charge is 0.677 e. The molecular weight excluding hydrogens is 439 g/mol. The van der Waals surface area contributed by atoms with E-state index < -0.39 is 29.6 Å². The Balaban J connectivity index is -0.000000163. The minimum atomic E-state index is -2.10. The molecule has 0 aromatic heterocycles. The van der Waals surface area contributed by atoms with Crippen LogP contribution in [0, 0.1) is 0 Å². The highest BCUT2D eigenvalue weighted by Gasteiger charge is 2.10. The van der Waals surface area contributed by atoms with Gasteiger partial charge >= 0.3 is 29.6 Å². The number of hydrogen-bond acceptors (Lipinski definition) is 8. The SMILES string of the molecule is CCCCOB(O)F.CCCCOB(O)F.CCCCOB(O)F.CCCCOB(O)F. The molecule has 0 radical (unpaired) electrons. The first kappa shape index (κ1) is 38.9. The van der Waals surface area contributed by atoms with Crippen LogP contribution in [-0.2, 0) is 18.6 Å². The number of unbranched alkanes of at least 4 members (excludes halogenated alkanes) is 4. The Bertz CT molecular complexity index is 261. The van der Waals surface area contributed by atoms with Gasteiger partial charge in [-0.25, -0.2) is 0 Å². The van der Waals surface area contributed by atoms with Gasteiger partial charge in [-0.05, 0) is 25.7 Å². The second kappa shape index (κ2) is 35.3. The fourth-order valence-corrected chi connectivity index (χ4v) is 1.30. The normalized spacial score (nSPS) is 9.38. The fourth-order valence-electron chi connectivity index (χ4n) is 1.30. The Labute approximate surface area is 191 Å². The lowest BCUT2D eigenvalue weighted by atomic mass is 10.3. The average Bonchev–Trinajstić information content (AvgIpc) is 2.69. The molecule has 0 aliphatic carbocycles. The van der Waals surface area contributed by atoms with Gasteiger partial charge in [-0.2, -0.15) is 0 Å². The predicted octanol–water partition coefficient (Wildman–Crippen LogP) is 3.00. The van der Waals surface area contributed by atoms with Crippen molar-refractivity contribution in [2.45, 2.75) is 79.1 Å². The molecule has 0 fully saturated rings. The van der Waals surface area contributed by atoms with Gasteiger partial charge in [0.15, 0.2) is 0 Å². The summed E-state index contributed by atoms with van der Waals surface area (Å²) in [6.07, 6.45) is 6.98. The number of rotatable bonds is 16. The molecule has 0 spiro atoms. The van der Waals surface area contributed by atoms with Crippen LogP contribution in [0.4, 0.5) is 17.3 Å². The van der Waals surface area contributed by atoms with Crippen LogP contribution in [0.3, 0.4) is 0 Å². The Kier molecular flexibility index (Phi) is 42.9. The van der Waals surface area contributed by atoms with Crippen molar-refractivity contribution in [2.24, 2.45) is 0 Å². The Hall–Kier alpha value is -0.340. The summed E-state index contributed by atoms with van der Waals surface area (Å²) in [5.74, 6) is 0. The third-order valence-corrected chi connectivity index (χ3v) is 3.01. The monoisotopic (exact) mass is 480 g/mol. The van der Waals surface area contributed by atoms with Crippen LogP contribution in [0.2, 0.25) is 0 Å². The third kappa shape index (κ3) is 63.0. The number of halogens is 4. The van der Waals surface area contributed by atoms with E-state index in [9.17, 15) is 17.3 Å². The molecule has 0 amide bonds. The van der Waals surface area contributed by atoms with Crippen molar-refractivity contribution in [3.05, 3.63) is 0 Å². The summed E-state index contributed by atoms with van der Waals surface area (Å²) in [6.45, 7) is 9.06. The summed E-state index contributed by atoms with van der Waals surface area (Å²) in [7, 11) is -8.38. The van der Waals surface area contributed by atoms with E-state index in [4.69, 9.17) is 20.1 Å². The first-order valence-electron chi connectivity index (χ1n) is 10.8. The van der Waals surface area contributed by atoms with Gasteiger partial charge in [0, 0.05) is 26.4 Å². The fraction of sp³-hybridized carbons (Fsp3) is 1.00. The van der Waals surface area contributed by atoms with Crippen molar-refractivity contribution in [3.8, 4) is 0 Å². The lowest BCUT2D eigenvalue weighted by molar-refractivity contribution is 0.216. The average molecular weight is 480 g/mol. The van der Waals surface area contributed by atoms with E-state index in [0.29, 0.717) is 26.4 Å². The summed E-state index contributed by atoms with van der Waals surface area (Å²) >= 11 is 0. The third-order valence-electron chi connectivity index (χ3n) is 3.01. The molecule has 0 saturated carbocycles. The van der Waals surface area contributed by atoms with Crippen molar-refractivity contribution < 1.29 is 56.0 Å². The Morgan fingerprint density at radius 3 is 0.688 bits per heavy atom. The first-order chi connectivity index (χ1) is 15.1. The molecule has 0 saturated heterocycles. The smallest absolute Gasteiger partial charge is 0.398 e. The molecule has 8 nitrogen and oxygen atoms in total. The van der Waals surface area contributed by atoms with Crippen molar-refractivity contribution in [3.63, 3.8) is 0 Å². The summed E-state index contributed by atoms with van der Waals surface area (Å²) in [5.41, 5.74) is 0. The topological polar surface area (TPSA) is 118 Å². The molecule has 192 valence electrons. The van der Waals surface area contributed by atoms with Crippen LogP contribution in [-0.4, -0.2) is 76.1 Å². The van der Waals surface area contributed by atoms with E-state index >= 15 is 0 Å². The molecule has 0 aromatic carbocycles. The van der Waals surface area contributed by atoms with Crippen LogP contribution < -0.4 is 0 Å². The Morgan fingerprint density at radius 2 is 0.594 bits per heavy atom. The number of hydrogen-bond donors (Lipinski definition) is 4. The van der Waals surface area contributed by atoms with Gasteiger partial charge in [0.2, 0.25) is 0 Å². The van der Waals surface area contributed by atoms with Gasteiger partial charge < -0.3 is 38.7 Å². The maximum absolute atomic E-state index is 11.4. The minimum absolute atomic E-state index is 0.300. The van der Waals surface area contributed by atoms with Crippen molar-refractivity contribution in [1.29, 1.82) is 0 Å². The van der Waals surface area contributed by atoms with Gasteiger partial charge in [0.25, 0.3) is 0 Å². The molecule has 0 aromatic rings. The maximum atomic E-state index is 11.4. The molecule has 16 heteroatoms. The van der Waals surface area contributed by atoms with E-state index in [-0.39, 0.29) is 0 Å². The van der Waals surface area contributed by atoms with Crippen LogP contribution >= 0.6 is 0 Å². The summed E-state index contributed by atoms with van der Waals surface area (Å²) < 4.78 is 62.1. The van der Waals surface area contributed by atoms with Gasteiger partial charge in [-0.15, -0.1) is 0 Å². The van der Waals surface area contributed by atoms with E-state index in [2.05, 4.69) is 18.6 Å². The first-order valence-corrected chi connectivity index (χ1v) is 10.8. The standard InChI is InChI=1S/4C4H10BFO2/c4*1-2-3-4-8-5(6)7/h4*7H,2-4H2,1H3. The van der Waals surface area contributed by atoms with Gasteiger partial charge in [-0.3, -0.25) is 17.3 Å². The van der Waals surface area contributed by atoms with Gasteiger partial charge in [0.1, 0.15) is 0 Å². The molecule has 32 heavy (non-hydrogen) atoms. The van der Waals surface area contributed by atoms with Gasteiger partial charge in [0.05, 0.1) is 0 Å². The van der Waals surface area contributed by atoms with Crippen molar-refractivity contribution in [2.75, 3.05) is 26.4 Å². The maximum Gasteiger partial charge on any atom is 0.677 e. The van der Waals surface area contributed by atoms with Crippen LogP contribution in [0.1, 0.15) is 79.1 Å². The van der Waals surface area contributed by atoms with Crippen LogP contribution in [0.5, 0.6) is 0 Å². The van der Waals surface area contributed by atoms with Crippen molar-refractivity contribution in [1.82, 2.24) is 0 Å². The quantitative estimate of drug-likeness (QED) is 0.152. The zero-order chi connectivity index (χ0) is 25.6. The molecule has 0 rings (SSSR count). The van der Waals surface area contributed by atoms with E-state index in [1.165, 1.54) is 0 Å². The van der Waals surface area contributed by atoms with Crippen LogP contribution in [0.15, 0.2) is 0 Å². The molecule has 0 aliphatic heterocycles. The highest BCUT2D eigenvalue weighted by Crippen LogP contribution is 1.91. The van der Waals surface area contributed by atoms with E-state index in [1.807, 2.05) is 27.7 Å². The molecule has 0 heterocycles.